The van der Waals surface area contributed by atoms with Crippen LogP contribution in [0, 0.1) is 10.1 Å². The van der Waals surface area contributed by atoms with Crippen LogP contribution in [0.2, 0.25) is 0 Å². The quantitative estimate of drug-likeness (QED) is 0.466. The third kappa shape index (κ3) is 5.07. The fraction of sp³-hybridized carbons (Fsp3) is 0.263. The van der Waals surface area contributed by atoms with Crippen molar-refractivity contribution in [2.24, 2.45) is 0 Å². The van der Waals surface area contributed by atoms with Crippen LogP contribution in [0.1, 0.15) is 23.2 Å². The zero-order chi connectivity index (χ0) is 19.2. The number of anilines is 1. The van der Waals surface area contributed by atoms with Gasteiger partial charge in [0.05, 0.1) is 10.7 Å². The van der Waals surface area contributed by atoms with Crippen molar-refractivity contribution >= 4 is 35.0 Å². The molecule has 1 N–H and O–H groups in total. The second kappa shape index (κ2) is 8.68. The molecule has 140 valence electrons. The highest BCUT2D eigenvalue weighted by Gasteiger charge is 2.19. The Kier molecular flexibility index (Phi) is 6.08. The number of thioether (sulfide) groups is 1. The molecule has 0 saturated carbocycles. The summed E-state index contributed by atoms with van der Waals surface area (Å²) in [5, 5.41) is 13.4. The summed E-state index contributed by atoms with van der Waals surface area (Å²) < 4.78 is 0. The Morgan fingerprint density at radius 3 is 2.26 bits per heavy atom. The monoisotopic (exact) mass is 385 g/mol. The normalized spacial score (nSPS) is 13.4. The van der Waals surface area contributed by atoms with Gasteiger partial charge in [0.25, 0.3) is 11.6 Å². The van der Waals surface area contributed by atoms with Crippen LogP contribution in [0.4, 0.5) is 11.4 Å². The topological polar surface area (TPSA) is 92.5 Å². The molecule has 0 bridgehead atoms. The number of hydrogen-bond donors (Lipinski definition) is 1. The maximum atomic E-state index is 12.3. The second-order valence-electron chi connectivity index (χ2n) is 6.16. The standard InChI is InChI=1S/C19H19N3O4S/c23-18(13-27-17-9-7-16(8-10-17)22(25)26)20-15-5-3-14(4-6-15)19(24)21-11-1-2-12-21/h3-10H,1-2,11-13H2,(H,20,23). The molecule has 1 saturated heterocycles. The molecule has 2 amide bonds. The van der Waals surface area contributed by atoms with Crippen molar-refractivity contribution in [2.45, 2.75) is 17.7 Å². The smallest absolute Gasteiger partial charge is 0.269 e. The van der Waals surface area contributed by atoms with Crippen molar-refractivity contribution in [3.8, 4) is 0 Å². The number of carbonyl (C=O) groups is 2. The molecule has 27 heavy (non-hydrogen) atoms. The molecule has 0 spiro atoms. The predicted octanol–water partition coefficient (Wildman–Crippen LogP) is 3.56. The Balaban J connectivity index is 1.50. The average molecular weight is 385 g/mol. The Labute approximate surface area is 160 Å². The molecule has 2 aromatic rings. The number of nitro benzene ring substituents is 1. The molecule has 3 rings (SSSR count). The second-order valence-corrected chi connectivity index (χ2v) is 7.21. The molecule has 1 aliphatic heterocycles. The lowest BCUT2D eigenvalue weighted by Gasteiger charge is -2.15. The number of rotatable bonds is 6. The van der Waals surface area contributed by atoms with Gasteiger partial charge in [-0.15, -0.1) is 11.8 Å². The van der Waals surface area contributed by atoms with Crippen molar-refractivity contribution in [1.29, 1.82) is 0 Å². The fourth-order valence-electron chi connectivity index (χ4n) is 2.81. The van der Waals surface area contributed by atoms with Crippen LogP contribution < -0.4 is 5.32 Å². The van der Waals surface area contributed by atoms with Crippen LogP contribution in [0.5, 0.6) is 0 Å². The number of benzene rings is 2. The van der Waals surface area contributed by atoms with Crippen molar-refractivity contribution < 1.29 is 14.5 Å². The van der Waals surface area contributed by atoms with Gasteiger partial charge < -0.3 is 10.2 Å². The van der Waals surface area contributed by atoms with Gasteiger partial charge in [0.2, 0.25) is 5.91 Å². The van der Waals surface area contributed by atoms with Gasteiger partial charge in [0, 0.05) is 41.4 Å². The molecule has 8 heteroatoms. The van der Waals surface area contributed by atoms with E-state index in [-0.39, 0.29) is 23.3 Å². The van der Waals surface area contributed by atoms with Crippen LogP contribution >= 0.6 is 11.8 Å². The van der Waals surface area contributed by atoms with E-state index in [1.807, 2.05) is 4.90 Å². The maximum absolute atomic E-state index is 12.3. The van der Waals surface area contributed by atoms with Crippen molar-refractivity contribution in [3.63, 3.8) is 0 Å². The van der Waals surface area contributed by atoms with Gasteiger partial charge in [-0.05, 0) is 49.2 Å². The number of nitrogens with zero attached hydrogens (tertiary/aromatic N) is 2. The van der Waals surface area contributed by atoms with Gasteiger partial charge >= 0.3 is 0 Å². The van der Waals surface area contributed by atoms with E-state index < -0.39 is 4.92 Å². The van der Waals surface area contributed by atoms with Gasteiger partial charge in [0.15, 0.2) is 0 Å². The van der Waals surface area contributed by atoms with Crippen LogP contribution in [0.15, 0.2) is 53.4 Å². The third-order valence-corrected chi connectivity index (χ3v) is 5.24. The maximum Gasteiger partial charge on any atom is 0.269 e. The van der Waals surface area contributed by atoms with E-state index in [4.69, 9.17) is 0 Å². The van der Waals surface area contributed by atoms with Gasteiger partial charge in [0.1, 0.15) is 0 Å². The highest BCUT2D eigenvalue weighted by molar-refractivity contribution is 8.00. The Hall–Kier alpha value is -2.87. The molecule has 0 unspecified atom stereocenters. The number of likely N-dealkylation sites (tertiary alicyclic amines) is 1. The number of hydrogen-bond acceptors (Lipinski definition) is 5. The first-order valence-electron chi connectivity index (χ1n) is 8.59. The molecule has 2 aromatic carbocycles. The minimum absolute atomic E-state index is 0.0207. The van der Waals surface area contributed by atoms with Crippen LogP contribution in [-0.2, 0) is 4.79 Å². The number of nitro groups is 1. The molecule has 0 aromatic heterocycles. The predicted molar refractivity (Wildman–Crippen MR) is 104 cm³/mol. The first-order chi connectivity index (χ1) is 13.0. The summed E-state index contributed by atoms with van der Waals surface area (Å²) in [7, 11) is 0. The Morgan fingerprint density at radius 1 is 1.04 bits per heavy atom. The summed E-state index contributed by atoms with van der Waals surface area (Å²) in [4.78, 5) is 37.2. The zero-order valence-corrected chi connectivity index (χ0v) is 15.4. The first kappa shape index (κ1) is 18.9. The summed E-state index contributed by atoms with van der Waals surface area (Å²) in [6, 6.07) is 12.9. The number of non-ortho nitro benzene ring substituents is 1. The molecule has 1 fully saturated rings. The van der Waals surface area contributed by atoms with Crippen molar-refractivity contribution in [3.05, 3.63) is 64.2 Å². The number of carbonyl (C=O) groups excluding carboxylic acids is 2. The van der Waals surface area contributed by atoms with Crippen molar-refractivity contribution in [2.75, 3.05) is 24.2 Å². The van der Waals surface area contributed by atoms with Crippen LogP contribution in [0.25, 0.3) is 0 Å². The summed E-state index contributed by atoms with van der Waals surface area (Å²) in [6.45, 7) is 1.61. The lowest BCUT2D eigenvalue weighted by Crippen LogP contribution is -2.27. The minimum Gasteiger partial charge on any atom is -0.339 e. The lowest BCUT2D eigenvalue weighted by atomic mass is 10.2. The highest BCUT2D eigenvalue weighted by Crippen LogP contribution is 2.22. The van der Waals surface area contributed by atoms with E-state index in [0.717, 1.165) is 30.8 Å². The number of amides is 2. The SMILES string of the molecule is O=C(CSc1ccc([N+](=O)[O-])cc1)Nc1ccc(C(=O)N2CCCC2)cc1. The van der Waals surface area contributed by atoms with E-state index in [2.05, 4.69) is 5.32 Å². The summed E-state index contributed by atoms with van der Waals surface area (Å²) in [5.74, 6) is 0.0304. The average Bonchev–Trinajstić information content (AvgIpc) is 3.21. The summed E-state index contributed by atoms with van der Waals surface area (Å²) in [5.41, 5.74) is 1.27. The molecule has 0 aliphatic carbocycles. The molecule has 1 aliphatic rings. The van der Waals surface area contributed by atoms with E-state index >= 15 is 0 Å². The molecular weight excluding hydrogens is 366 g/mol. The van der Waals surface area contributed by atoms with Crippen LogP contribution in [0.3, 0.4) is 0 Å². The van der Waals surface area contributed by atoms with Gasteiger partial charge in [-0.3, -0.25) is 19.7 Å². The molecular formula is C19H19N3O4S. The van der Waals surface area contributed by atoms with E-state index in [1.165, 1.54) is 23.9 Å². The summed E-state index contributed by atoms with van der Waals surface area (Å²) in [6.07, 6.45) is 2.10. The van der Waals surface area contributed by atoms with Gasteiger partial charge in [-0.1, -0.05) is 0 Å². The Morgan fingerprint density at radius 2 is 1.67 bits per heavy atom. The molecule has 1 heterocycles. The molecule has 7 nitrogen and oxygen atoms in total. The van der Waals surface area contributed by atoms with Gasteiger partial charge in [-0.2, -0.15) is 0 Å². The van der Waals surface area contributed by atoms with E-state index in [9.17, 15) is 19.7 Å². The first-order valence-corrected chi connectivity index (χ1v) is 9.58. The number of nitrogens with one attached hydrogen (secondary N) is 1. The van der Waals surface area contributed by atoms with E-state index in [1.54, 1.807) is 36.4 Å². The minimum atomic E-state index is -0.459. The van der Waals surface area contributed by atoms with Crippen molar-refractivity contribution in [1.82, 2.24) is 4.90 Å². The fourth-order valence-corrected chi connectivity index (χ4v) is 3.51. The molecule has 0 radical (unpaired) electrons. The zero-order valence-electron chi connectivity index (χ0n) is 14.6. The lowest BCUT2D eigenvalue weighted by molar-refractivity contribution is -0.384. The third-order valence-electron chi connectivity index (χ3n) is 4.23. The molecule has 0 atom stereocenters. The Bertz CT molecular complexity index is 831. The van der Waals surface area contributed by atoms with Crippen LogP contribution in [-0.4, -0.2) is 40.5 Å². The van der Waals surface area contributed by atoms with Gasteiger partial charge in [-0.25, -0.2) is 0 Å². The van der Waals surface area contributed by atoms with E-state index in [0.29, 0.717) is 11.3 Å². The largest absolute Gasteiger partial charge is 0.339 e. The summed E-state index contributed by atoms with van der Waals surface area (Å²) >= 11 is 1.30. The highest BCUT2D eigenvalue weighted by atomic mass is 32.2.